The van der Waals surface area contributed by atoms with E-state index in [1.807, 2.05) is 0 Å². The van der Waals surface area contributed by atoms with Crippen molar-refractivity contribution >= 4 is 29.1 Å². The first-order valence-electron chi connectivity index (χ1n) is 4.50. The molecule has 0 saturated heterocycles. The minimum Gasteiger partial charge on any atom is -0.477 e. The van der Waals surface area contributed by atoms with E-state index >= 15 is 0 Å². The van der Waals surface area contributed by atoms with Crippen molar-refractivity contribution in [1.29, 1.82) is 0 Å². The van der Waals surface area contributed by atoms with Crippen molar-refractivity contribution in [3.05, 3.63) is 10.6 Å². The fourth-order valence-corrected chi connectivity index (χ4v) is 2.90. The van der Waals surface area contributed by atoms with Crippen molar-refractivity contribution in [3.63, 3.8) is 0 Å². The standard InChI is InChI=1S/C7H4F3N5O2S2/c1-15-5(12-13-14-15)19-6-11-3(7(8,9)10)2(18-6)4(16)17/h1H3,(H,16,17). The number of nitrogens with zero attached hydrogens (tertiary/aromatic N) is 5. The molecular formula is C7H4F3N5O2S2. The van der Waals surface area contributed by atoms with Crippen molar-refractivity contribution in [2.24, 2.45) is 7.05 Å². The molecule has 0 aliphatic rings. The second-order valence-corrected chi connectivity index (χ2v) is 5.36. The highest BCUT2D eigenvalue weighted by Crippen LogP contribution is 2.38. The summed E-state index contributed by atoms with van der Waals surface area (Å²) in [6.45, 7) is 0. The average molecular weight is 311 g/mol. The first-order chi connectivity index (χ1) is 8.79. The zero-order valence-corrected chi connectivity index (χ0v) is 10.7. The number of carboxylic acid groups (broad SMARTS) is 1. The predicted molar refractivity (Wildman–Crippen MR) is 57.0 cm³/mol. The van der Waals surface area contributed by atoms with Gasteiger partial charge in [0.15, 0.2) is 10.0 Å². The number of carboxylic acids is 1. The van der Waals surface area contributed by atoms with Gasteiger partial charge in [0.25, 0.3) is 0 Å². The van der Waals surface area contributed by atoms with Crippen LogP contribution >= 0.6 is 23.1 Å². The molecule has 0 aromatic carbocycles. The molecule has 2 aromatic rings. The molecule has 0 fully saturated rings. The molecule has 0 atom stereocenters. The molecule has 0 aliphatic heterocycles. The van der Waals surface area contributed by atoms with Crippen LogP contribution in [0.5, 0.6) is 0 Å². The third-order valence-corrected chi connectivity index (χ3v) is 3.96. The summed E-state index contributed by atoms with van der Waals surface area (Å²) < 4.78 is 39.0. The molecule has 12 heteroatoms. The SMILES string of the molecule is Cn1nnnc1Sc1nc(C(F)(F)F)c(C(=O)O)s1. The van der Waals surface area contributed by atoms with Gasteiger partial charge in [-0.2, -0.15) is 13.2 Å². The van der Waals surface area contributed by atoms with Gasteiger partial charge in [-0.3, -0.25) is 0 Å². The second-order valence-electron chi connectivity index (χ2n) is 3.15. The summed E-state index contributed by atoms with van der Waals surface area (Å²) in [6.07, 6.45) is -4.82. The lowest BCUT2D eigenvalue weighted by atomic mass is 10.3. The van der Waals surface area contributed by atoms with Gasteiger partial charge < -0.3 is 5.11 Å². The molecule has 2 heterocycles. The quantitative estimate of drug-likeness (QED) is 0.918. The topological polar surface area (TPSA) is 93.8 Å². The minimum absolute atomic E-state index is 0.0948. The van der Waals surface area contributed by atoms with Gasteiger partial charge in [-0.1, -0.05) is 11.3 Å². The van der Waals surface area contributed by atoms with Crippen LogP contribution in [-0.2, 0) is 13.2 Å². The number of carbonyl (C=O) groups is 1. The number of halogens is 3. The molecule has 0 spiro atoms. The van der Waals surface area contributed by atoms with E-state index in [4.69, 9.17) is 5.11 Å². The monoisotopic (exact) mass is 311 g/mol. The molecule has 102 valence electrons. The van der Waals surface area contributed by atoms with Gasteiger partial charge >= 0.3 is 12.1 Å². The maximum absolute atomic E-state index is 12.6. The van der Waals surface area contributed by atoms with Gasteiger partial charge in [-0.05, 0) is 22.2 Å². The van der Waals surface area contributed by atoms with Crippen LogP contribution in [0.3, 0.4) is 0 Å². The first kappa shape index (κ1) is 13.7. The predicted octanol–water partition coefficient (Wildman–Crippen LogP) is 1.53. The van der Waals surface area contributed by atoms with Crippen molar-refractivity contribution in [3.8, 4) is 0 Å². The Morgan fingerprint density at radius 3 is 2.58 bits per heavy atom. The Balaban J connectivity index is 2.39. The molecule has 0 bridgehead atoms. The van der Waals surface area contributed by atoms with Crippen LogP contribution in [0.1, 0.15) is 15.4 Å². The summed E-state index contributed by atoms with van der Waals surface area (Å²) >= 11 is 1.19. The number of aromatic nitrogens is 5. The summed E-state index contributed by atoms with van der Waals surface area (Å²) in [5.41, 5.74) is -1.41. The van der Waals surface area contributed by atoms with E-state index in [-0.39, 0.29) is 9.50 Å². The van der Waals surface area contributed by atoms with Crippen LogP contribution < -0.4 is 0 Å². The molecule has 1 N–H and O–H groups in total. The molecule has 0 amide bonds. The Labute approximate surface area is 111 Å². The molecule has 0 radical (unpaired) electrons. The maximum atomic E-state index is 12.6. The Kier molecular flexibility index (Phi) is 3.45. The smallest absolute Gasteiger partial charge is 0.435 e. The molecule has 0 unspecified atom stereocenters. The number of tetrazole rings is 1. The van der Waals surface area contributed by atoms with E-state index in [2.05, 4.69) is 20.5 Å². The third-order valence-electron chi connectivity index (χ3n) is 1.83. The van der Waals surface area contributed by atoms with Crippen LogP contribution in [0.25, 0.3) is 0 Å². The number of alkyl halides is 3. The highest BCUT2D eigenvalue weighted by Gasteiger charge is 2.40. The van der Waals surface area contributed by atoms with Gasteiger partial charge in [0, 0.05) is 7.05 Å². The molecular weight excluding hydrogens is 307 g/mol. The van der Waals surface area contributed by atoms with Gasteiger partial charge in [-0.25, -0.2) is 14.5 Å². The summed E-state index contributed by atoms with van der Waals surface area (Å²) in [5, 5.41) is 19.3. The Morgan fingerprint density at radius 2 is 2.16 bits per heavy atom. The highest BCUT2D eigenvalue weighted by atomic mass is 32.2. The van der Waals surface area contributed by atoms with E-state index in [9.17, 15) is 18.0 Å². The van der Waals surface area contributed by atoms with E-state index in [1.54, 1.807) is 0 Å². The summed E-state index contributed by atoms with van der Waals surface area (Å²) in [7, 11) is 1.50. The molecule has 19 heavy (non-hydrogen) atoms. The van der Waals surface area contributed by atoms with Crippen LogP contribution in [0.15, 0.2) is 9.50 Å². The van der Waals surface area contributed by atoms with Crippen LogP contribution in [-0.4, -0.2) is 36.3 Å². The zero-order chi connectivity index (χ0) is 14.2. The highest BCUT2D eigenvalue weighted by molar-refractivity contribution is 8.00. The molecule has 0 saturated carbocycles. The molecule has 2 rings (SSSR count). The van der Waals surface area contributed by atoms with Crippen molar-refractivity contribution in [2.45, 2.75) is 15.7 Å². The second kappa shape index (κ2) is 4.77. The average Bonchev–Trinajstić information content (AvgIpc) is 2.86. The number of aryl methyl sites for hydroxylation is 1. The molecule has 7 nitrogen and oxygen atoms in total. The fraction of sp³-hybridized carbons (Fsp3) is 0.286. The molecule has 0 aliphatic carbocycles. The largest absolute Gasteiger partial charge is 0.477 e. The Hall–Kier alpha value is -1.69. The van der Waals surface area contributed by atoms with Crippen molar-refractivity contribution in [1.82, 2.24) is 25.2 Å². The van der Waals surface area contributed by atoms with E-state index < -0.39 is 22.7 Å². The van der Waals surface area contributed by atoms with Crippen LogP contribution in [0.2, 0.25) is 0 Å². The Bertz CT molecular complexity index is 623. The normalized spacial score (nSPS) is 11.8. The van der Waals surface area contributed by atoms with Crippen LogP contribution in [0.4, 0.5) is 13.2 Å². The van der Waals surface area contributed by atoms with Gasteiger partial charge in [0.05, 0.1) is 0 Å². The van der Waals surface area contributed by atoms with E-state index in [0.29, 0.717) is 11.3 Å². The Morgan fingerprint density at radius 1 is 1.47 bits per heavy atom. The number of rotatable bonds is 3. The fourth-order valence-electron chi connectivity index (χ4n) is 1.07. The van der Waals surface area contributed by atoms with Crippen molar-refractivity contribution in [2.75, 3.05) is 0 Å². The number of aromatic carboxylic acids is 1. The summed E-state index contributed by atoms with van der Waals surface area (Å²) in [5.74, 6) is -1.67. The minimum atomic E-state index is -4.82. The lowest BCUT2D eigenvalue weighted by molar-refractivity contribution is -0.141. The third kappa shape index (κ3) is 2.84. The summed E-state index contributed by atoms with van der Waals surface area (Å²) in [4.78, 5) is 13.2. The number of hydrogen-bond acceptors (Lipinski definition) is 7. The number of hydrogen-bond donors (Lipinski definition) is 1. The van der Waals surface area contributed by atoms with Gasteiger partial charge in [-0.15, -0.1) is 5.10 Å². The lowest BCUT2D eigenvalue weighted by Crippen LogP contribution is -2.11. The molecule has 2 aromatic heterocycles. The van der Waals surface area contributed by atoms with Gasteiger partial charge in [0.2, 0.25) is 5.16 Å². The van der Waals surface area contributed by atoms with Gasteiger partial charge in [0.1, 0.15) is 4.88 Å². The summed E-state index contributed by atoms with van der Waals surface area (Å²) in [6, 6.07) is 0. The maximum Gasteiger partial charge on any atom is 0.435 e. The van der Waals surface area contributed by atoms with Crippen molar-refractivity contribution < 1.29 is 23.1 Å². The van der Waals surface area contributed by atoms with E-state index in [0.717, 1.165) is 11.8 Å². The van der Waals surface area contributed by atoms with Crippen LogP contribution in [0, 0.1) is 0 Å². The first-order valence-corrected chi connectivity index (χ1v) is 6.14. The van der Waals surface area contributed by atoms with E-state index in [1.165, 1.54) is 11.7 Å². The number of thiazole rings is 1. The lowest BCUT2D eigenvalue weighted by Gasteiger charge is -2.02. The zero-order valence-electron chi connectivity index (χ0n) is 9.04.